The summed E-state index contributed by atoms with van der Waals surface area (Å²) in [5.41, 5.74) is 0. The van der Waals surface area contributed by atoms with E-state index in [4.69, 9.17) is 5.11 Å². The second-order valence-corrected chi connectivity index (χ2v) is 6.07. The summed E-state index contributed by atoms with van der Waals surface area (Å²) in [4.78, 5) is 26.7. The highest BCUT2D eigenvalue weighted by Gasteiger charge is 2.21. The summed E-state index contributed by atoms with van der Waals surface area (Å²) in [6, 6.07) is -0.0774. The maximum atomic E-state index is 12.0. The highest BCUT2D eigenvalue weighted by molar-refractivity contribution is 5.74. The molecule has 1 saturated heterocycles. The van der Waals surface area contributed by atoms with E-state index in [1.807, 2.05) is 11.8 Å². The van der Waals surface area contributed by atoms with Gasteiger partial charge in [0.15, 0.2) is 0 Å². The number of carboxylic acids is 1. The number of piperazine rings is 1. The second kappa shape index (κ2) is 8.09. The van der Waals surface area contributed by atoms with Crippen LogP contribution in [0.3, 0.4) is 0 Å². The number of carbonyl (C=O) groups excluding carboxylic acids is 1. The van der Waals surface area contributed by atoms with Crippen LogP contribution in [-0.4, -0.2) is 66.2 Å². The van der Waals surface area contributed by atoms with Crippen molar-refractivity contribution in [2.24, 2.45) is 11.8 Å². The summed E-state index contributed by atoms with van der Waals surface area (Å²) in [5.74, 6) is -0.222. The first kappa shape index (κ1) is 16.8. The lowest BCUT2D eigenvalue weighted by molar-refractivity contribution is -0.137. The molecule has 1 unspecified atom stereocenters. The summed E-state index contributed by atoms with van der Waals surface area (Å²) in [6.45, 7) is 11.0. The molecule has 1 rings (SSSR count). The maximum absolute atomic E-state index is 12.0. The molecule has 0 aliphatic carbocycles. The Morgan fingerprint density at radius 3 is 2.25 bits per heavy atom. The zero-order chi connectivity index (χ0) is 15.1. The SMILES string of the molecule is CC(C)CN1CCN(C(=O)NCC(C)CC(=O)O)CC1. The fraction of sp³-hybridized carbons (Fsp3) is 0.857. The van der Waals surface area contributed by atoms with Crippen LogP contribution in [0.25, 0.3) is 0 Å². The van der Waals surface area contributed by atoms with Crippen LogP contribution in [0.1, 0.15) is 27.2 Å². The zero-order valence-corrected chi connectivity index (χ0v) is 12.8. The molecule has 1 heterocycles. The number of hydrogen-bond donors (Lipinski definition) is 2. The first-order valence-electron chi connectivity index (χ1n) is 7.35. The van der Waals surface area contributed by atoms with Gasteiger partial charge >= 0.3 is 12.0 Å². The second-order valence-electron chi connectivity index (χ2n) is 6.07. The number of nitrogens with zero attached hydrogens (tertiary/aromatic N) is 2. The monoisotopic (exact) mass is 285 g/mol. The molecule has 0 bridgehead atoms. The fourth-order valence-electron chi connectivity index (χ4n) is 2.39. The summed E-state index contributed by atoms with van der Waals surface area (Å²) in [7, 11) is 0. The molecule has 0 aromatic carbocycles. The van der Waals surface area contributed by atoms with E-state index in [1.54, 1.807) is 0 Å². The molecule has 20 heavy (non-hydrogen) atoms. The lowest BCUT2D eigenvalue weighted by Crippen LogP contribution is -2.52. The van der Waals surface area contributed by atoms with Gasteiger partial charge in [0, 0.05) is 45.7 Å². The number of nitrogens with one attached hydrogen (secondary N) is 1. The Morgan fingerprint density at radius 1 is 1.15 bits per heavy atom. The first-order chi connectivity index (χ1) is 9.38. The van der Waals surface area contributed by atoms with E-state index >= 15 is 0 Å². The van der Waals surface area contributed by atoms with Gasteiger partial charge in [-0.1, -0.05) is 20.8 Å². The normalized spacial score (nSPS) is 18.1. The predicted octanol–water partition coefficient (Wildman–Crippen LogP) is 1.08. The molecule has 0 aromatic heterocycles. The van der Waals surface area contributed by atoms with E-state index in [0.29, 0.717) is 12.5 Å². The molecule has 0 radical (unpaired) electrons. The van der Waals surface area contributed by atoms with Crippen molar-refractivity contribution in [3.8, 4) is 0 Å². The third kappa shape index (κ3) is 6.23. The number of aliphatic carboxylic acids is 1. The molecular weight excluding hydrogens is 258 g/mol. The Morgan fingerprint density at radius 2 is 1.75 bits per heavy atom. The number of amides is 2. The molecule has 116 valence electrons. The minimum Gasteiger partial charge on any atom is -0.481 e. The van der Waals surface area contributed by atoms with E-state index in [-0.39, 0.29) is 18.4 Å². The number of carbonyl (C=O) groups is 2. The van der Waals surface area contributed by atoms with E-state index in [0.717, 1.165) is 32.7 Å². The van der Waals surface area contributed by atoms with Crippen molar-refractivity contribution < 1.29 is 14.7 Å². The van der Waals surface area contributed by atoms with Crippen molar-refractivity contribution in [3.63, 3.8) is 0 Å². The van der Waals surface area contributed by atoms with E-state index < -0.39 is 5.97 Å². The van der Waals surface area contributed by atoms with E-state index in [1.165, 1.54) is 0 Å². The standard InChI is InChI=1S/C14H27N3O3/c1-11(2)10-16-4-6-17(7-5-16)14(20)15-9-12(3)8-13(18)19/h11-12H,4-10H2,1-3H3,(H,15,20)(H,18,19). The lowest BCUT2D eigenvalue weighted by Gasteiger charge is -2.35. The van der Waals surface area contributed by atoms with Crippen LogP contribution in [0.4, 0.5) is 4.79 Å². The van der Waals surface area contributed by atoms with Crippen molar-refractivity contribution in [2.75, 3.05) is 39.3 Å². The molecule has 2 N–H and O–H groups in total. The molecule has 1 aliphatic heterocycles. The summed E-state index contributed by atoms with van der Waals surface area (Å²) < 4.78 is 0. The van der Waals surface area contributed by atoms with Gasteiger partial charge in [-0.3, -0.25) is 9.69 Å². The number of carboxylic acid groups (broad SMARTS) is 1. The van der Waals surface area contributed by atoms with Gasteiger partial charge in [-0.25, -0.2) is 4.79 Å². The topological polar surface area (TPSA) is 72.9 Å². The van der Waals surface area contributed by atoms with Crippen LogP contribution in [0.5, 0.6) is 0 Å². The minimum atomic E-state index is -0.825. The summed E-state index contributed by atoms with van der Waals surface area (Å²) >= 11 is 0. The van der Waals surface area contributed by atoms with E-state index in [2.05, 4.69) is 24.1 Å². The molecule has 1 atom stereocenters. The van der Waals surface area contributed by atoms with Crippen molar-refractivity contribution >= 4 is 12.0 Å². The van der Waals surface area contributed by atoms with Crippen molar-refractivity contribution in [1.82, 2.24) is 15.1 Å². The van der Waals surface area contributed by atoms with Crippen molar-refractivity contribution in [2.45, 2.75) is 27.2 Å². The van der Waals surface area contributed by atoms with Gasteiger partial charge in [0.1, 0.15) is 0 Å². The highest BCUT2D eigenvalue weighted by Crippen LogP contribution is 2.06. The first-order valence-corrected chi connectivity index (χ1v) is 7.35. The molecular formula is C14H27N3O3. The molecule has 1 fully saturated rings. The molecule has 6 heteroatoms. The number of rotatable bonds is 6. The predicted molar refractivity (Wildman–Crippen MR) is 77.7 cm³/mol. The number of urea groups is 1. The quantitative estimate of drug-likeness (QED) is 0.766. The summed E-state index contributed by atoms with van der Waals surface area (Å²) in [5, 5.41) is 11.5. The largest absolute Gasteiger partial charge is 0.481 e. The van der Waals surface area contributed by atoms with Crippen LogP contribution in [0.15, 0.2) is 0 Å². The molecule has 0 aromatic rings. The van der Waals surface area contributed by atoms with Gasteiger partial charge < -0.3 is 15.3 Å². The van der Waals surface area contributed by atoms with Crippen LogP contribution in [0.2, 0.25) is 0 Å². The van der Waals surface area contributed by atoms with Crippen LogP contribution in [-0.2, 0) is 4.79 Å². The maximum Gasteiger partial charge on any atom is 0.317 e. The van der Waals surface area contributed by atoms with Crippen LogP contribution < -0.4 is 5.32 Å². The average molecular weight is 285 g/mol. The molecule has 6 nitrogen and oxygen atoms in total. The Hall–Kier alpha value is -1.30. The molecule has 2 amide bonds. The summed E-state index contributed by atoms with van der Waals surface area (Å²) in [6.07, 6.45) is 0.0858. The van der Waals surface area contributed by atoms with Gasteiger partial charge in [0.25, 0.3) is 0 Å². The van der Waals surface area contributed by atoms with Crippen molar-refractivity contribution in [3.05, 3.63) is 0 Å². The smallest absolute Gasteiger partial charge is 0.317 e. The van der Waals surface area contributed by atoms with E-state index in [9.17, 15) is 9.59 Å². The Bertz CT molecular complexity index is 326. The third-order valence-corrected chi connectivity index (χ3v) is 3.41. The molecule has 0 spiro atoms. The van der Waals surface area contributed by atoms with Crippen molar-refractivity contribution in [1.29, 1.82) is 0 Å². The Balaban J connectivity index is 2.24. The molecule has 1 aliphatic rings. The number of hydrogen-bond acceptors (Lipinski definition) is 3. The van der Waals surface area contributed by atoms with Gasteiger partial charge in [0.05, 0.1) is 0 Å². The van der Waals surface area contributed by atoms with Gasteiger partial charge in [-0.05, 0) is 11.8 Å². The van der Waals surface area contributed by atoms with Crippen LogP contribution in [0, 0.1) is 11.8 Å². The van der Waals surface area contributed by atoms with Crippen LogP contribution >= 0.6 is 0 Å². The molecule has 0 saturated carbocycles. The Kier molecular flexibility index (Phi) is 6.78. The zero-order valence-electron chi connectivity index (χ0n) is 12.8. The van der Waals surface area contributed by atoms with Gasteiger partial charge in [-0.2, -0.15) is 0 Å². The van der Waals surface area contributed by atoms with Gasteiger partial charge in [-0.15, -0.1) is 0 Å². The average Bonchev–Trinajstić information content (AvgIpc) is 2.35. The lowest BCUT2D eigenvalue weighted by atomic mass is 10.1. The Labute approximate surface area is 121 Å². The van der Waals surface area contributed by atoms with Gasteiger partial charge in [0.2, 0.25) is 0 Å². The third-order valence-electron chi connectivity index (χ3n) is 3.41. The highest BCUT2D eigenvalue weighted by atomic mass is 16.4. The fourth-order valence-corrected chi connectivity index (χ4v) is 2.39. The minimum absolute atomic E-state index is 0.0429.